The van der Waals surface area contributed by atoms with Gasteiger partial charge in [0.2, 0.25) is 0 Å². The number of Topliss-reactive ketones (excluding diaryl/α,β-unsaturated/α-hetero) is 1. The molecule has 0 aliphatic heterocycles. The van der Waals surface area contributed by atoms with E-state index in [1.165, 1.54) is 26.8 Å². The lowest BCUT2D eigenvalue weighted by molar-refractivity contribution is -0.143. The molecule has 0 bridgehead atoms. The van der Waals surface area contributed by atoms with Crippen LogP contribution in [-0.4, -0.2) is 48.5 Å². The lowest BCUT2D eigenvalue weighted by Crippen LogP contribution is -2.33. The molecule has 3 aromatic rings. The number of nitrogens with zero attached hydrogens (tertiary/aromatic N) is 2. The first-order chi connectivity index (χ1) is 24.5. The van der Waals surface area contributed by atoms with Gasteiger partial charge in [-0.1, -0.05) is 19.9 Å². The first-order valence-electron chi connectivity index (χ1n) is 17.0. The summed E-state index contributed by atoms with van der Waals surface area (Å²) < 4.78 is 139. The van der Waals surface area contributed by atoms with E-state index in [0.717, 1.165) is 16.8 Å². The van der Waals surface area contributed by atoms with Gasteiger partial charge in [0.1, 0.15) is 17.5 Å². The maximum absolute atomic E-state index is 16.6. The second-order valence-electron chi connectivity index (χ2n) is 13.8. The fourth-order valence-electron chi connectivity index (χ4n) is 6.47. The second-order valence-corrected chi connectivity index (χ2v) is 13.8. The molecule has 1 unspecified atom stereocenters. The van der Waals surface area contributed by atoms with Gasteiger partial charge in [-0.2, -0.15) is 26.3 Å². The zero-order valence-corrected chi connectivity index (χ0v) is 30.5. The Morgan fingerprint density at radius 2 is 1.51 bits per heavy atom. The number of hydrogen-bond donors (Lipinski definition) is 0. The largest absolute Gasteiger partial charge is 0.466 e. The van der Waals surface area contributed by atoms with Crippen LogP contribution in [0.15, 0.2) is 35.3 Å². The highest BCUT2D eigenvalue weighted by Gasteiger charge is 2.41. The van der Waals surface area contributed by atoms with Crippen molar-refractivity contribution < 1.29 is 53.8 Å². The molecule has 0 amide bonds. The van der Waals surface area contributed by atoms with E-state index in [2.05, 4.69) is 0 Å². The van der Waals surface area contributed by atoms with Crippen molar-refractivity contribution in [2.24, 2.45) is 5.92 Å². The minimum atomic E-state index is -5.44. The zero-order chi connectivity index (χ0) is 40.2. The summed E-state index contributed by atoms with van der Waals surface area (Å²) in [6.07, 6.45) is -11.5. The van der Waals surface area contributed by atoms with Gasteiger partial charge in [0.05, 0.1) is 30.2 Å². The quantitative estimate of drug-likeness (QED) is 0.114. The Hall–Kier alpha value is -4.14. The Bertz CT molecular complexity index is 1840. The third-order valence-electron chi connectivity index (χ3n) is 8.74. The molecule has 0 spiro atoms. The van der Waals surface area contributed by atoms with Gasteiger partial charge >= 0.3 is 18.3 Å². The summed E-state index contributed by atoms with van der Waals surface area (Å²) in [6, 6.07) is 1.26. The highest BCUT2D eigenvalue weighted by Crippen LogP contribution is 2.44. The Kier molecular flexibility index (Phi) is 14.2. The van der Waals surface area contributed by atoms with Crippen molar-refractivity contribution in [3.63, 3.8) is 0 Å². The summed E-state index contributed by atoms with van der Waals surface area (Å²) in [4.78, 5) is 42.0. The number of aromatic nitrogens is 1. The normalized spacial score (nSPS) is 13.5. The third-order valence-corrected chi connectivity index (χ3v) is 8.74. The van der Waals surface area contributed by atoms with E-state index in [1.807, 2.05) is 0 Å². The molecule has 0 radical (unpaired) electrons. The van der Waals surface area contributed by atoms with Crippen molar-refractivity contribution in [1.82, 2.24) is 9.47 Å². The molecule has 1 heterocycles. The van der Waals surface area contributed by atoms with Crippen LogP contribution in [0.25, 0.3) is 11.1 Å². The van der Waals surface area contributed by atoms with Crippen molar-refractivity contribution in [3.05, 3.63) is 91.6 Å². The molecule has 2 aromatic carbocycles. The number of carbonyl (C=O) groups excluding carboxylic acids is 2. The number of esters is 1. The molecule has 53 heavy (non-hydrogen) atoms. The minimum Gasteiger partial charge on any atom is -0.466 e. The van der Waals surface area contributed by atoms with Gasteiger partial charge in [0.25, 0.3) is 5.56 Å². The predicted molar refractivity (Wildman–Crippen MR) is 181 cm³/mol. The molecule has 0 saturated heterocycles. The van der Waals surface area contributed by atoms with Crippen molar-refractivity contribution >= 4 is 11.8 Å². The first-order valence-corrected chi connectivity index (χ1v) is 17.0. The molecule has 2 atom stereocenters. The maximum Gasteiger partial charge on any atom is 0.419 e. The van der Waals surface area contributed by atoms with Crippen LogP contribution in [-0.2, 0) is 33.1 Å². The van der Waals surface area contributed by atoms with E-state index in [1.54, 1.807) is 32.8 Å². The zero-order valence-electron chi connectivity index (χ0n) is 30.5. The highest BCUT2D eigenvalue weighted by molar-refractivity contribution is 5.85. The van der Waals surface area contributed by atoms with E-state index in [0.29, 0.717) is 18.2 Å². The Balaban J connectivity index is 2.31. The van der Waals surface area contributed by atoms with E-state index >= 15 is 13.2 Å². The molecule has 0 aliphatic carbocycles. The molecule has 3 rings (SSSR count). The molecule has 15 heteroatoms. The molecule has 292 valence electrons. The van der Waals surface area contributed by atoms with Crippen LogP contribution in [0.4, 0.5) is 39.5 Å². The molecular formula is C38H43F9N2O4. The van der Waals surface area contributed by atoms with Gasteiger partial charge in [0.15, 0.2) is 5.78 Å². The van der Waals surface area contributed by atoms with Crippen LogP contribution in [0.1, 0.15) is 91.8 Å². The smallest absolute Gasteiger partial charge is 0.419 e. The SMILES string of the molecule is CCOC(=O)C[C@H](CC(=O)C(CC(C)C)n1cc(CCCN(C)C)c(C(F)(F)F)cc1=O)c1c(F)c(-c2c(C)cc(C)cc2F)cc(C(F)(F)F)c1F. The molecular weight excluding hydrogens is 719 g/mol. The third kappa shape index (κ3) is 10.7. The van der Waals surface area contributed by atoms with Crippen LogP contribution >= 0.6 is 0 Å². The number of hydrogen-bond acceptors (Lipinski definition) is 5. The first kappa shape index (κ1) is 43.3. The Morgan fingerprint density at radius 1 is 0.887 bits per heavy atom. The van der Waals surface area contributed by atoms with Crippen molar-refractivity contribution in [3.8, 4) is 11.1 Å². The van der Waals surface area contributed by atoms with Gasteiger partial charge in [-0.15, -0.1) is 0 Å². The summed E-state index contributed by atoms with van der Waals surface area (Å²) in [6.45, 7) is 7.64. The van der Waals surface area contributed by atoms with Crippen LogP contribution in [0.5, 0.6) is 0 Å². The lowest BCUT2D eigenvalue weighted by Gasteiger charge is -2.26. The fourth-order valence-corrected chi connectivity index (χ4v) is 6.47. The van der Waals surface area contributed by atoms with E-state index in [9.17, 15) is 40.7 Å². The molecule has 6 nitrogen and oxygen atoms in total. The molecule has 0 fully saturated rings. The standard InChI is InChI=1S/C38H43F9N2O4/c1-8-53-32(52)16-24(34-35(40)25(17-27(36(34)41)38(45,46)47)33-22(5)13-21(4)14-28(33)39)15-30(50)29(12-20(2)3)49-19-23(10-9-11-48(6)7)26(18-31(49)51)37(42,43)44/h13-14,17-20,24,29H,8-12,15-16H2,1-7H3/t24-,29?/m0/s1. The average molecular weight is 763 g/mol. The Labute approximate surface area is 301 Å². The summed E-state index contributed by atoms with van der Waals surface area (Å²) >= 11 is 0. The van der Waals surface area contributed by atoms with Crippen molar-refractivity contribution in [1.29, 1.82) is 0 Å². The molecule has 0 N–H and O–H groups in total. The molecule has 0 saturated carbocycles. The number of ether oxygens (including phenoxy) is 1. The second kappa shape index (κ2) is 17.3. The van der Waals surface area contributed by atoms with Gasteiger partial charge in [-0.25, -0.2) is 13.2 Å². The fraction of sp³-hybridized carbons (Fsp3) is 0.500. The van der Waals surface area contributed by atoms with Gasteiger partial charge in [0, 0.05) is 41.3 Å². The maximum atomic E-state index is 16.6. The van der Waals surface area contributed by atoms with Crippen LogP contribution in [0.3, 0.4) is 0 Å². The van der Waals surface area contributed by atoms with Crippen LogP contribution in [0.2, 0.25) is 0 Å². The van der Waals surface area contributed by atoms with Crippen LogP contribution < -0.4 is 5.56 Å². The average Bonchev–Trinajstić information content (AvgIpc) is 2.99. The number of rotatable bonds is 15. The van der Waals surface area contributed by atoms with E-state index < -0.39 is 99.7 Å². The highest BCUT2D eigenvalue weighted by atomic mass is 19.4. The summed E-state index contributed by atoms with van der Waals surface area (Å²) in [5, 5.41) is 0. The topological polar surface area (TPSA) is 68.6 Å². The minimum absolute atomic E-state index is 0.0187. The van der Waals surface area contributed by atoms with Crippen LogP contribution in [0, 0.1) is 37.2 Å². The lowest BCUT2D eigenvalue weighted by atomic mass is 9.83. The van der Waals surface area contributed by atoms with E-state index in [-0.39, 0.29) is 49.0 Å². The monoisotopic (exact) mass is 762 g/mol. The van der Waals surface area contributed by atoms with Gasteiger partial charge in [-0.05, 0) is 95.4 Å². The number of aryl methyl sites for hydroxylation is 3. The predicted octanol–water partition coefficient (Wildman–Crippen LogP) is 9.36. The van der Waals surface area contributed by atoms with Crippen molar-refractivity contribution in [2.45, 2.75) is 91.0 Å². The summed E-state index contributed by atoms with van der Waals surface area (Å²) in [5.74, 6) is -9.39. The molecule has 0 aliphatic rings. The number of alkyl halides is 6. The number of benzene rings is 2. The number of ketones is 1. The van der Waals surface area contributed by atoms with Crippen molar-refractivity contribution in [2.75, 3.05) is 27.2 Å². The van der Waals surface area contributed by atoms with Gasteiger partial charge in [-0.3, -0.25) is 14.4 Å². The summed E-state index contributed by atoms with van der Waals surface area (Å²) in [7, 11) is 3.43. The molecule has 1 aromatic heterocycles. The number of carbonyl (C=O) groups is 2. The summed E-state index contributed by atoms with van der Waals surface area (Å²) in [5.41, 5.74) is -7.20. The van der Waals surface area contributed by atoms with E-state index in [4.69, 9.17) is 4.74 Å². The number of pyridine rings is 1. The van der Waals surface area contributed by atoms with Gasteiger partial charge < -0.3 is 14.2 Å². The Morgan fingerprint density at radius 3 is 2.04 bits per heavy atom. The number of halogens is 9.